The van der Waals surface area contributed by atoms with Crippen LogP contribution in [0.4, 0.5) is 4.79 Å². The van der Waals surface area contributed by atoms with E-state index in [9.17, 15) is 9.59 Å². The van der Waals surface area contributed by atoms with E-state index in [1.165, 1.54) is 6.08 Å². The lowest BCUT2D eigenvalue weighted by Crippen LogP contribution is -2.40. The number of carboxylic acid groups (broad SMARTS) is 1. The summed E-state index contributed by atoms with van der Waals surface area (Å²) in [6.45, 7) is 5.50. The second kappa shape index (κ2) is 6.59. The first-order valence-corrected chi connectivity index (χ1v) is 6.67. The summed E-state index contributed by atoms with van der Waals surface area (Å²) < 4.78 is 5.20. The number of allylic oxidation sites excluding steroid dienone is 1. The average molecular weight is 269 g/mol. The lowest BCUT2D eigenvalue weighted by atomic mass is 9.86. The fourth-order valence-electron chi connectivity index (χ4n) is 2.15. The summed E-state index contributed by atoms with van der Waals surface area (Å²) >= 11 is 0. The van der Waals surface area contributed by atoms with Crippen LogP contribution < -0.4 is 5.32 Å². The van der Waals surface area contributed by atoms with E-state index in [-0.39, 0.29) is 12.1 Å². The molecule has 0 atom stereocenters. The van der Waals surface area contributed by atoms with Gasteiger partial charge in [-0.1, -0.05) is 6.08 Å². The van der Waals surface area contributed by atoms with Gasteiger partial charge in [0, 0.05) is 12.1 Å². The third kappa shape index (κ3) is 6.84. The van der Waals surface area contributed by atoms with Crippen molar-refractivity contribution in [2.24, 2.45) is 5.92 Å². The molecule has 1 rings (SSSR count). The van der Waals surface area contributed by atoms with Gasteiger partial charge < -0.3 is 15.2 Å². The van der Waals surface area contributed by atoms with Gasteiger partial charge in [-0.25, -0.2) is 9.59 Å². The van der Waals surface area contributed by atoms with E-state index in [0.717, 1.165) is 25.7 Å². The van der Waals surface area contributed by atoms with E-state index in [2.05, 4.69) is 5.32 Å². The molecule has 2 N–H and O–H groups in total. The predicted octanol–water partition coefficient (Wildman–Crippen LogP) is 2.71. The minimum Gasteiger partial charge on any atom is -0.478 e. The molecule has 5 heteroatoms. The molecule has 0 aromatic carbocycles. The molecule has 1 saturated carbocycles. The third-order valence-electron chi connectivity index (χ3n) is 3.00. The van der Waals surface area contributed by atoms with Crippen molar-refractivity contribution in [3.8, 4) is 0 Å². The molecule has 0 aliphatic heterocycles. The van der Waals surface area contributed by atoms with E-state index in [1.54, 1.807) is 6.08 Å². The van der Waals surface area contributed by atoms with Gasteiger partial charge in [-0.05, 0) is 52.4 Å². The Bertz CT molecular complexity index is 349. The second-order valence-corrected chi connectivity index (χ2v) is 5.96. The summed E-state index contributed by atoms with van der Waals surface area (Å²) in [4.78, 5) is 22.0. The highest BCUT2D eigenvalue weighted by atomic mass is 16.6. The zero-order chi connectivity index (χ0) is 14.5. The molecule has 0 radical (unpaired) electrons. The minimum atomic E-state index is -0.908. The van der Waals surface area contributed by atoms with Crippen LogP contribution in [0, 0.1) is 5.92 Å². The zero-order valence-electron chi connectivity index (χ0n) is 11.8. The molecule has 1 fully saturated rings. The number of hydrogen-bond donors (Lipinski definition) is 2. The number of amides is 1. The summed E-state index contributed by atoms with van der Waals surface area (Å²) in [5.74, 6) is -0.609. The normalized spacial score (nSPS) is 24.2. The number of aliphatic carboxylic acids is 1. The highest BCUT2D eigenvalue weighted by molar-refractivity contribution is 5.79. The lowest BCUT2D eigenvalue weighted by molar-refractivity contribution is -0.131. The monoisotopic (exact) mass is 269 g/mol. The van der Waals surface area contributed by atoms with E-state index in [0.29, 0.717) is 5.92 Å². The van der Waals surface area contributed by atoms with Crippen molar-refractivity contribution in [2.75, 3.05) is 0 Å². The van der Waals surface area contributed by atoms with Crippen molar-refractivity contribution in [1.29, 1.82) is 0 Å². The van der Waals surface area contributed by atoms with E-state index >= 15 is 0 Å². The number of nitrogens with one attached hydrogen (secondary N) is 1. The number of carboxylic acids is 1. The zero-order valence-corrected chi connectivity index (χ0v) is 11.8. The first-order chi connectivity index (χ1) is 8.76. The lowest BCUT2D eigenvalue weighted by Gasteiger charge is -2.28. The van der Waals surface area contributed by atoms with Gasteiger partial charge in [0.15, 0.2) is 0 Å². The standard InChI is InChI=1S/C14H23NO4/c1-14(2,3)19-13(18)15-11-7-4-10(5-8-11)6-9-12(16)17/h6,9-11H,4-5,7-8H2,1-3H3,(H,15,18)(H,16,17)/t10-,11-. The summed E-state index contributed by atoms with van der Waals surface area (Å²) in [5.41, 5.74) is -0.481. The van der Waals surface area contributed by atoms with Crippen LogP contribution in [-0.2, 0) is 9.53 Å². The molecule has 0 bridgehead atoms. The van der Waals surface area contributed by atoms with Crippen LogP contribution in [0.2, 0.25) is 0 Å². The summed E-state index contributed by atoms with van der Waals surface area (Å²) in [5, 5.41) is 11.4. The summed E-state index contributed by atoms with van der Waals surface area (Å²) in [6, 6.07) is 0.129. The highest BCUT2D eigenvalue weighted by Gasteiger charge is 2.23. The maximum atomic E-state index is 11.6. The second-order valence-electron chi connectivity index (χ2n) is 5.96. The van der Waals surface area contributed by atoms with E-state index < -0.39 is 11.6 Å². The Morgan fingerprint density at radius 2 is 1.79 bits per heavy atom. The van der Waals surface area contributed by atoms with Gasteiger partial charge in [-0.15, -0.1) is 0 Å². The van der Waals surface area contributed by atoms with Crippen LogP contribution in [0.5, 0.6) is 0 Å². The predicted molar refractivity (Wildman–Crippen MR) is 71.9 cm³/mol. The quantitative estimate of drug-likeness (QED) is 0.772. The molecule has 0 spiro atoms. The van der Waals surface area contributed by atoms with Crippen molar-refractivity contribution < 1.29 is 19.4 Å². The molecule has 0 saturated heterocycles. The molecule has 1 aliphatic rings. The maximum absolute atomic E-state index is 11.6. The van der Waals surface area contributed by atoms with Gasteiger partial charge in [0.1, 0.15) is 5.60 Å². The molecule has 108 valence electrons. The van der Waals surface area contributed by atoms with Crippen LogP contribution in [0.1, 0.15) is 46.5 Å². The molecule has 19 heavy (non-hydrogen) atoms. The van der Waals surface area contributed by atoms with Crippen molar-refractivity contribution in [3.63, 3.8) is 0 Å². The number of carbonyl (C=O) groups is 2. The number of hydrogen-bond acceptors (Lipinski definition) is 3. The van der Waals surface area contributed by atoms with Gasteiger partial charge in [-0.3, -0.25) is 0 Å². The van der Waals surface area contributed by atoms with Crippen molar-refractivity contribution in [2.45, 2.75) is 58.1 Å². The Labute approximate surface area is 114 Å². The molecular formula is C14H23NO4. The van der Waals surface area contributed by atoms with Gasteiger partial charge in [0.25, 0.3) is 0 Å². The van der Waals surface area contributed by atoms with E-state index in [4.69, 9.17) is 9.84 Å². The minimum absolute atomic E-state index is 0.129. The highest BCUT2D eigenvalue weighted by Crippen LogP contribution is 2.25. The number of alkyl carbamates (subject to hydrolysis) is 1. The molecule has 0 heterocycles. The molecule has 0 aromatic heterocycles. The van der Waals surface area contributed by atoms with Crippen molar-refractivity contribution in [3.05, 3.63) is 12.2 Å². The first kappa shape index (κ1) is 15.5. The first-order valence-electron chi connectivity index (χ1n) is 6.67. The Morgan fingerprint density at radius 1 is 1.21 bits per heavy atom. The van der Waals surface area contributed by atoms with Crippen molar-refractivity contribution in [1.82, 2.24) is 5.32 Å². The van der Waals surface area contributed by atoms with Crippen LogP contribution in [0.3, 0.4) is 0 Å². The number of rotatable bonds is 3. The van der Waals surface area contributed by atoms with Crippen molar-refractivity contribution >= 4 is 12.1 Å². The smallest absolute Gasteiger partial charge is 0.407 e. The largest absolute Gasteiger partial charge is 0.478 e. The fraction of sp³-hybridized carbons (Fsp3) is 0.714. The molecule has 0 unspecified atom stereocenters. The Kier molecular flexibility index (Phi) is 5.39. The van der Waals surface area contributed by atoms with Gasteiger partial charge >= 0.3 is 12.1 Å². The Balaban J connectivity index is 2.30. The van der Waals surface area contributed by atoms with Crippen LogP contribution in [-0.4, -0.2) is 28.8 Å². The van der Waals surface area contributed by atoms with E-state index in [1.807, 2.05) is 20.8 Å². The fourth-order valence-corrected chi connectivity index (χ4v) is 2.15. The van der Waals surface area contributed by atoms with Crippen LogP contribution >= 0.6 is 0 Å². The number of ether oxygens (including phenoxy) is 1. The SMILES string of the molecule is CC(C)(C)OC(=O)N[C@H]1CC[C@H](C=CC(=O)O)CC1. The van der Waals surface area contributed by atoms with Gasteiger partial charge in [0.05, 0.1) is 0 Å². The molecule has 1 amide bonds. The summed E-state index contributed by atoms with van der Waals surface area (Å²) in [6.07, 6.45) is 6.06. The topological polar surface area (TPSA) is 75.6 Å². The molecule has 1 aliphatic carbocycles. The maximum Gasteiger partial charge on any atom is 0.407 e. The number of carbonyl (C=O) groups excluding carboxylic acids is 1. The Hall–Kier alpha value is -1.52. The van der Waals surface area contributed by atoms with Crippen LogP contribution in [0.15, 0.2) is 12.2 Å². The van der Waals surface area contributed by atoms with Gasteiger partial charge in [0.2, 0.25) is 0 Å². The Morgan fingerprint density at radius 3 is 2.26 bits per heavy atom. The van der Waals surface area contributed by atoms with Crippen LogP contribution in [0.25, 0.3) is 0 Å². The summed E-state index contributed by atoms with van der Waals surface area (Å²) in [7, 11) is 0. The van der Waals surface area contributed by atoms with Gasteiger partial charge in [-0.2, -0.15) is 0 Å². The average Bonchev–Trinajstić information content (AvgIpc) is 2.25. The molecule has 5 nitrogen and oxygen atoms in total. The molecule has 0 aromatic rings. The third-order valence-corrected chi connectivity index (χ3v) is 3.00. The molecular weight excluding hydrogens is 246 g/mol.